The molecule has 0 aliphatic rings. The molecule has 0 aliphatic heterocycles. The van der Waals surface area contributed by atoms with Crippen molar-refractivity contribution in [2.24, 2.45) is 0 Å². The highest BCUT2D eigenvalue weighted by molar-refractivity contribution is 9.10. The van der Waals surface area contributed by atoms with E-state index in [0.717, 1.165) is 23.1 Å². The van der Waals surface area contributed by atoms with Crippen LogP contribution in [0.5, 0.6) is 0 Å². The van der Waals surface area contributed by atoms with E-state index in [0.29, 0.717) is 6.54 Å². The lowest BCUT2D eigenvalue weighted by Gasteiger charge is -2.12. The number of halogens is 1. The molecule has 0 saturated carbocycles. The van der Waals surface area contributed by atoms with E-state index in [1.807, 2.05) is 12.3 Å². The van der Waals surface area contributed by atoms with Crippen LogP contribution in [0.1, 0.15) is 5.56 Å². The van der Waals surface area contributed by atoms with Gasteiger partial charge in [0.2, 0.25) is 0 Å². The molecule has 6 heteroatoms. The second kappa shape index (κ2) is 7.24. The van der Waals surface area contributed by atoms with Gasteiger partial charge in [0.15, 0.2) is 0 Å². The van der Waals surface area contributed by atoms with Gasteiger partial charge >= 0.3 is 6.03 Å². The molecule has 0 fully saturated rings. The van der Waals surface area contributed by atoms with Crippen LogP contribution in [0.15, 0.2) is 22.9 Å². The molecule has 1 heterocycles. The fourth-order valence-electron chi connectivity index (χ4n) is 1.20. The van der Waals surface area contributed by atoms with E-state index in [9.17, 15) is 4.79 Å². The predicted octanol–water partition coefficient (Wildman–Crippen LogP) is 1.20. The van der Waals surface area contributed by atoms with Crippen molar-refractivity contribution < 1.29 is 4.79 Å². The van der Waals surface area contributed by atoms with E-state index in [1.165, 1.54) is 4.90 Å². The maximum Gasteiger partial charge on any atom is 0.316 e. The van der Waals surface area contributed by atoms with Gasteiger partial charge in [0.1, 0.15) is 0 Å². The zero-order valence-electron chi connectivity index (χ0n) is 10.0. The molecule has 1 aromatic heterocycles. The van der Waals surface area contributed by atoms with Crippen LogP contribution in [-0.2, 0) is 6.54 Å². The summed E-state index contributed by atoms with van der Waals surface area (Å²) in [5.74, 6) is 0. The van der Waals surface area contributed by atoms with Gasteiger partial charge in [0.05, 0.1) is 0 Å². The molecule has 17 heavy (non-hydrogen) atoms. The number of nitrogens with one attached hydrogen (secondary N) is 2. The first-order valence-electron chi connectivity index (χ1n) is 5.35. The summed E-state index contributed by atoms with van der Waals surface area (Å²) in [7, 11) is 3.44. The summed E-state index contributed by atoms with van der Waals surface area (Å²) in [6, 6.07) is 1.94. The Kier molecular flexibility index (Phi) is 5.93. The van der Waals surface area contributed by atoms with Crippen LogP contribution in [0.25, 0.3) is 0 Å². The molecule has 0 aliphatic carbocycles. The molecule has 2 amide bonds. The molecule has 0 aromatic carbocycles. The van der Waals surface area contributed by atoms with E-state index in [2.05, 4.69) is 31.5 Å². The number of amides is 2. The zero-order chi connectivity index (χ0) is 12.7. The smallest absolute Gasteiger partial charge is 0.316 e. The Morgan fingerprint density at radius 2 is 2.18 bits per heavy atom. The quantitative estimate of drug-likeness (QED) is 0.804. The standard InChI is InChI=1S/C11H17BrN4O/c1-16(2)11(17)15-4-3-13-6-9-5-10(12)8-14-7-9/h5,7-8,13H,3-4,6H2,1-2H3,(H,15,17). The summed E-state index contributed by atoms with van der Waals surface area (Å²) < 4.78 is 0.970. The Morgan fingerprint density at radius 3 is 2.82 bits per heavy atom. The highest BCUT2D eigenvalue weighted by Crippen LogP contribution is 2.08. The molecular weight excluding hydrogens is 284 g/mol. The lowest BCUT2D eigenvalue weighted by atomic mass is 10.3. The molecule has 1 rings (SSSR count). The average Bonchev–Trinajstić information content (AvgIpc) is 2.28. The maximum atomic E-state index is 11.2. The monoisotopic (exact) mass is 300 g/mol. The van der Waals surface area contributed by atoms with Crippen molar-refractivity contribution in [3.8, 4) is 0 Å². The van der Waals surface area contributed by atoms with Crippen LogP contribution in [0.3, 0.4) is 0 Å². The van der Waals surface area contributed by atoms with Crippen molar-refractivity contribution in [1.82, 2.24) is 20.5 Å². The zero-order valence-corrected chi connectivity index (χ0v) is 11.6. The summed E-state index contributed by atoms with van der Waals surface area (Å²) in [5, 5.41) is 6.01. The number of urea groups is 1. The van der Waals surface area contributed by atoms with Crippen molar-refractivity contribution in [3.63, 3.8) is 0 Å². The number of carbonyl (C=O) groups is 1. The molecule has 0 radical (unpaired) electrons. The highest BCUT2D eigenvalue weighted by Gasteiger charge is 2.00. The lowest BCUT2D eigenvalue weighted by Crippen LogP contribution is -2.38. The van der Waals surface area contributed by atoms with E-state index < -0.39 is 0 Å². The highest BCUT2D eigenvalue weighted by atomic mass is 79.9. The average molecular weight is 301 g/mol. The largest absolute Gasteiger partial charge is 0.337 e. The van der Waals surface area contributed by atoms with Gasteiger partial charge in [-0.25, -0.2) is 4.79 Å². The van der Waals surface area contributed by atoms with Gasteiger partial charge in [-0.15, -0.1) is 0 Å². The van der Waals surface area contributed by atoms with Gasteiger partial charge in [-0.2, -0.15) is 0 Å². The van der Waals surface area contributed by atoms with Crippen LogP contribution in [0, 0.1) is 0 Å². The third-order valence-corrected chi connectivity index (χ3v) is 2.51. The van der Waals surface area contributed by atoms with E-state index >= 15 is 0 Å². The first-order chi connectivity index (χ1) is 8.09. The van der Waals surface area contributed by atoms with Gasteiger partial charge in [-0.1, -0.05) is 0 Å². The SMILES string of the molecule is CN(C)C(=O)NCCNCc1cncc(Br)c1. The molecular formula is C11H17BrN4O. The van der Waals surface area contributed by atoms with Gasteiger partial charge in [0, 0.05) is 50.6 Å². The number of nitrogens with zero attached hydrogens (tertiary/aromatic N) is 2. The number of carbonyl (C=O) groups excluding carboxylic acids is 1. The number of hydrogen-bond donors (Lipinski definition) is 2. The first kappa shape index (κ1) is 13.9. The summed E-state index contributed by atoms with van der Waals surface area (Å²) in [5.41, 5.74) is 1.11. The second-order valence-electron chi connectivity index (χ2n) is 3.81. The van der Waals surface area contributed by atoms with Crippen molar-refractivity contribution >= 4 is 22.0 Å². The van der Waals surface area contributed by atoms with Crippen LogP contribution in [0.4, 0.5) is 4.79 Å². The third-order valence-electron chi connectivity index (χ3n) is 2.07. The predicted molar refractivity (Wildman–Crippen MR) is 70.7 cm³/mol. The summed E-state index contributed by atoms with van der Waals surface area (Å²) in [4.78, 5) is 16.8. The summed E-state index contributed by atoms with van der Waals surface area (Å²) >= 11 is 3.37. The van der Waals surface area contributed by atoms with Crippen LogP contribution < -0.4 is 10.6 Å². The normalized spacial score (nSPS) is 10.1. The molecule has 94 valence electrons. The Hall–Kier alpha value is -1.14. The molecule has 0 saturated heterocycles. The van der Waals surface area contributed by atoms with Crippen molar-refractivity contribution in [3.05, 3.63) is 28.5 Å². The summed E-state index contributed by atoms with van der Waals surface area (Å²) in [6.45, 7) is 2.08. The van der Waals surface area contributed by atoms with Crippen LogP contribution in [-0.4, -0.2) is 43.1 Å². The van der Waals surface area contributed by atoms with E-state index in [-0.39, 0.29) is 6.03 Å². The number of pyridine rings is 1. The van der Waals surface area contributed by atoms with Crippen molar-refractivity contribution in [2.75, 3.05) is 27.2 Å². The molecule has 0 bridgehead atoms. The van der Waals surface area contributed by atoms with E-state index in [4.69, 9.17) is 0 Å². The minimum absolute atomic E-state index is 0.0732. The third kappa shape index (κ3) is 5.65. The van der Waals surface area contributed by atoms with E-state index in [1.54, 1.807) is 20.3 Å². The maximum absolute atomic E-state index is 11.2. The Morgan fingerprint density at radius 1 is 1.41 bits per heavy atom. The van der Waals surface area contributed by atoms with Gasteiger partial charge in [-0.3, -0.25) is 4.98 Å². The minimum Gasteiger partial charge on any atom is -0.337 e. The van der Waals surface area contributed by atoms with Crippen LogP contribution >= 0.6 is 15.9 Å². The fourth-order valence-corrected chi connectivity index (χ4v) is 1.61. The second-order valence-corrected chi connectivity index (χ2v) is 4.73. The first-order valence-corrected chi connectivity index (χ1v) is 6.14. The Balaban J connectivity index is 2.14. The van der Waals surface area contributed by atoms with Crippen LogP contribution in [0.2, 0.25) is 0 Å². The molecule has 0 unspecified atom stereocenters. The summed E-state index contributed by atoms with van der Waals surface area (Å²) in [6.07, 6.45) is 3.57. The van der Waals surface area contributed by atoms with Gasteiger partial charge in [-0.05, 0) is 27.6 Å². The molecule has 0 atom stereocenters. The molecule has 1 aromatic rings. The van der Waals surface area contributed by atoms with Gasteiger partial charge in [0.25, 0.3) is 0 Å². The minimum atomic E-state index is -0.0732. The molecule has 0 spiro atoms. The lowest BCUT2D eigenvalue weighted by molar-refractivity contribution is 0.217. The molecule has 5 nitrogen and oxygen atoms in total. The van der Waals surface area contributed by atoms with Crippen molar-refractivity contribution in [2.45, 2.75) is 6.54 Å². The Labute approximate surface area is 110 Å². The number of aromatic nitrogens is 1. The topological polar surface area (TPSA) is 57.3 Å². The number of rotatable bonds is 5. The number of hydrogen-bond acceptors (Lipinski definition) is 3. The van der Waals surface area contributed by atoms with Gasteiger partial charge < -0.3 is 15.5 Å². The van der Waals surface area contributed by atoms with Crippen molar-refractivity contribution in [1.29, 1.82) is 0 Å². The fraction of sp³-hybridized carbons (Fsp3) is 0.455. The Bertz CT molecular complexity index is 370. The molecule has 2 N–H and O–H groups in total.